The minimum absolute atomic E-state index is 0.224. The van der Waals surface area contributed by atoms with Gasteiger partial charge in [-0.05, 0) is 30.4 Å². The minimum Gasteiger partial charge on any atom is -0.356 e. The maximum atomic E-state index is 8.71. The number of anilines is 1. The number of nitrogens with zero attached hydrogens (tertiary/aromatic N) is 2. The van der Waals surface area contributed by atoms with Crippen molar-refractivity contribution in [1.82, 2.24) is 10.5 Å². The van der Waals surface area contributed by atoms with Crippen LogP contribution in [0.4, 0.5) is 5.82 Å². The number of aromatic nitrogens is 1. The molecule has 3 rings (SSSR count). The molecule has 0 amide bonds. The summed E-state index contributed by atoms with van der Waals surface area (Å²) in [5.74, 6) is 2.51. The standard InChI is InChI=1S/C12H16N4O/c1-7-2-3-10(14-4-7)16-5-8-9(6-16)11(8)12(13)15-17/h2-4,8-9,11,17H,5-6H2,1H3,(H2,13,15)/t8-,9+,11?. The monoisotopic (exact) mass is 232 g/mol. The third kappa shape index (κ3) is 1.67. The highest BCUT2D eigenvalue weighted by molar-refractivity contribution is 5.84. The van der Waals surface area contributed by atoms with Crippen molar-refractivity contribution in [2.75, 3.05) is 18.0 Å². The Kier molecular flexibility index (Phi) is 2.29. The summed E-state index contributed by atoms with van der Waals surface area (Å²) in [5, 5.41) is 16.3. The fourth-order valence-electron chi connectivity index (χ4n) is 2.86. The van der Waals surface area contributed by atoms with Gasteiger partial charge in [-0.1, -0.05) is 6.07 Å². The molecule has 3 atom stereocenters. The number of hydrogen-bond donors (Lipinski definition) is 3. The number of pyridine rings is 1. The normalized spacial score (nSPS) is 30.0. The summed E-state index contributed by atoms with van der Waals surface area (Å²) in [7, 11) is 0. The van der Waals surface area contributed by atoms with Gasteiger partial charge in [-0.25, -0.2) is 4.98 Å². The second-order valence-corrected chi connectivity index (χ2v) is 4.98. The average molecular weight is 232 g/mol. The molecule has 1 aliphatic heterocycles. The van der Waals surface area contributed by atoms with Gasteiger partial charge >= 0.3 is 0 Å². The summed E-state index contributed by atoms with van der Waals surface area (Å²) < 4.78 is 0. The number of nitrogens with one attached hydrogen (secondary N) is 2. The van der Waals surface area contributed by atoms with Gasteiger partial charge in [-0.3, -0.25) is 16.1 Å². The maximum absolute atomic E-state index is 8.71. The van der Waals surface area contributed by atoms with Crippen molar-refractivity contribution in [1.29, 1.82) is 5.41 Å². The van der Waals surface area contributed by atoms with Crippen molar-refractivity contribution in [3.63, 3.8) is 0 Å². The van der Waals surface area contributed by atoms with E-state index >= 15 is 0 Å². The van der Waals surface area contributed by atoms with Gasteiger partial charge in [-0.2, -0.15) is 0 Å². The molecule has 2 fully saturated rings. The summed E-state index contributed by atoms with van der Waals surface area (Å²) in [6.07, 6.45) is 1.88. The van der Waals surface area contributed by atoms with Gasteiger partial charge in [0.1, 0.15) is 11.7 Å². The molecule has 0 bridgehead atoms. The van der Waals surface area contributed by atoms with Crippen molar-refractivity contribution in [3.8, 4) is 0 Å². The maximum Gasteiger partial charge on any atom is 0.128 e. The molecule has 1 saturated carbocycles. The molecular formula is C12H16N4O. The highest BCUT2D eigenvalue weighted by atomic mass is 16.5. The number of piperidine rings is 1. The predicted molar refractivity (Wildman–Crippen MR) is 64.3 cm³/mol. The highest BCUT2D eigenvalue weighted by Crippen LogP contribution is 2.52. The van der Waals surface area contributed by atoms with Gasteiger partial charge in [0.2, 0.25) is 0 Å². The first kappa shape index (κ1) is 10.5. The van der Waals surface area contributed by atoms with E-state index in [9.17, 15) is 0 Å². The summed E-state index contributed by atoms with van der Waals surface area (Å²) >= 11 is 0. The summed E-state index contributed by atoms with van der Waals surface area (Å²) in [6, 6.07) is 4.12. The Morgan fingerprint density at radius 3 is 2.71 bits per heavy atom. The topological polar surface area (TPSA) is 72.2 Å². The zero-order chi connectivity index (χ0) is 12.0. The first-order valence-electron chi connectivity index (χ1n) is 5.87. The average Bonchev–Trinajstić information content (AvgIpc) is 2.84. The van der Waals surface area contributed by atoms with Gasteiger partial charge in [0, 0.05) is 25.2 Å². The molecule has 3 N–H and O–H groups in total. The molecule has 2 aliphatic rings. The van der Waals surface area contributed by atoms with Crippen LogP contribution in [0.2, 0.25) is 0 Å². The van der Waals surface area contributed by atoms with Crippen LogP contribution in [0.25, 0.3) is 0 Å². The third-order valence-corrected chi connectivity index (χ3v) is 3.87. The van der Waals surface area contributed by atoms with Crippen LogP contribution >= 0.6 is 0 Å². The summed E-state index contributed by atoms with van der Waals surface area (Å²) in [5.41, 5.74) is 3.14. The third-order valence-electron chi connectivity index (χ3n) is 3.87. The van der Waals surface area contributed by atoms with Crippen LogP contribution in [0.15, 0.2) is 18.3 Å². The lowest BCUT2D eigenvalue weighted by Crippen LogP contribution is -2.30. The van der Waals surface area contributed by atoms with Gasteiger partial charge in [0.15, 0.2) is 0 Å². The van der Waals surface area contributed by atoms with E-state index in [4.69, 9.17) is 10.6 Å². The van der Waals surface area contributed by atoms with Crippen molar-refractivity contribution in [2.24, 2.45) is 17.8 Å². The lowest BCUT2D eigenvalue weighted by Gasteiger charge is -2.20. The first-order chi connectivity index (χ1) is 8.20. The van der Waals surface area contributed by atoms with E-state index in [0.717, 1.165) is 18.9 Å². The second-order valence-electron chi connectivity index (χ2n) is 4.98. The lowest BCUT2D eigenvalue weighted by molar-refractivity contribution is 0.228. The Morgan fingerprint density at radius 2 is 2.18 bits per heavy atom. The molecule has 1 aliphatic carbocycles. The first-order valence-corrected chi connectivity index (χ1v) is 5.87. The molecule has 2 heterocycles. The fourth-order valence-corrected chi connectivity index (χ4v) is 2.86. The van der Waals surface area contributed by atoms with E-state index < -0.39 is 0 Å². The molecule has 90 valence electrons. The number of rotatable bonds is 2. The van der Waals surface area contributed by atoms with Crippen LogP contribution in [0.3, 0.4) is 0 Å². The van der Waals surface area contributed by atoms with E-state index in [0.29, 0.717) is 11.8 Å². The van der Waals surface area contributed by atoms with Crippen molar-refractivity contribution < 1.29 is 5.21 Å². The Morgan fingerprint density at radius 1 is 1.47 bits per heavy atom. The molecule has 1 unspecified atom stereocenters. The van der Waals surface area contributed by atoms with Gasteiger partial charge in [0.05, 0.1) is 0 Å². The molecule has 0 aromatic carbocycles. The molecule has 1 aromatic rings. The van der Waals surface area contributed by atoms with E-state index in [-0.39, 0.29) is 11.8 Å². The summed E-state index contributed by atoms with van der Waals surface area (Å²) in [6.45, 7) is 3.91. The Labute approximate surface area is 99.9 Å². The minimum atomic E-state index is 0.224. The predicted octanol–water partition coefficient (Wildman–Crippen LogP) is 1.03. The molecule has 17 heavy (non-hydrogen) atoms. The fraction of sp³-hybridized carbons (Fsp3) is 0.500. The highest BCUT2D eigenvalue weighted by Gasteiger charge is 2.58. The SMILES string of the molecule is Cc1ccc(N2C[C@@H]3C(C(=N)NO)[C@@H]3C2)nc1. The van der Waals surface area contributed by atoms with Crippen LogP contribution in [0, 0.1) is 30.1 Å². The van der Waals surface area contributed by atoms with E-state index in [2.05, 4.69) is 16.0 Å². The second kappa shape index (κ2) is 3.70. The van der Waals surface area contributed by atoms with Crippen molar-refractivity contribution >= 4 is 11.7 Å². The molecule has 1 saturated heterocycles. The number of hydroxylamine groups is 1. The molecule has 0 radical (unpaired) electrons. The summed E-state index contributed by atoms with van der Waals surface area (Å²) in [4.78, 5) is 6.67. The van der Waals surface area contributed by atoms with Crippen molar-refractivity contribution in [2.45, 2.75) is 6.92 Å². The number of fused-ring (bicyclic) bond motifs is 1. The zero-order valence-corrected chi connectivity index (χ0v) is 9.72. The van der Waals surface area contributed by atoms with Gasteiger partial charge in [-0.15, -0.1) is 0 Å². The van der Waals surface area contributed by atoms with Crippen LogP contribution < -0.4 is 10.4 Å². The van der Waals surface area contributed by atoms with E-state index in [1.54, 1.807) is 0 Å². The van der Waals surface area contributed by atoms with Gasteiger partial charge in [0.25, 0.3) is 0 Å². The van der Waals surface area contributed by atoms with E-state index in [1.807, 2.05) is 24.7 Å². The van der Waals surface area contributed by atoms with Gasteiger partial charge < -0.3 is 4.90 Å². The molecule has 5 nitrogen and oxygen atoms in total. The zero-order valence-electron chi connectivity index (χ0n) is 9.72. The van der Waals surface area contributed by atoms with E-state index in [1.165, 1.54) is 5.56 Å². The smallest absolute Gasteiger partial charge is 0.128 e. The molecule has 1 aromatic heterocycles. The van der Waals surface area contributed by atoms with Crippen LogP contribution in [-0.2, 0) is 0 Å². The Bertz CT molecular complexity index is 432. The Hall–Kier alpha value is -1.62. The van der Waals surface area contributed by atoms with Crippen LogP contribution in [0.5, 0.6) is 0 Å². The number of amidine groups is 1. The quantitative estimate of drug-likeness (QED) is 0.404. The lowest BCUT2D eigenvalue weighted by atomic mass is 10.2. The number of aryl methyl sites for hydroxylation is 1. The molecular weight excluding hydrogens is 216 g/mol. The molecule has 0 spiro atoms. The Balaban J connectivity index is 1.65. The number of hydrogen-bond acceptors (Lipinski definition) is 4. The van der Waals surface area contributed by atoms with Crippen LogP contribution in [0.1, 0.15) is 5.56 Å². The van der Waals surface area contributed by atoms with Crippen molar-refractivity contribution in [3.05, 3.63) is 23.9 Å². The van der Waals surface area contributed by atoms with Crippen LogP contribution in [-0.4, -0.2) is 29.1 Å². The molecule has 5 heteroatoms. The largest absolute Gasteiger partial charge is 0.356 e.